The number of anilines is 3. The van der Waals surface area contributed by atoms with Crippen LogP contribution in [0.5, 0.6) is 0 Å². The zero-order chi connectivity index (χ0) is 14.7. The van der Waals surface area contributed by atoms with Gasteiger partial charge < -0.3 is 11.1 Å². The van der Waals surface area contributed by atoms with Crippen molar-refractivity contribution in [2.45, 2.75) is 6.92 Å². The minimum Gasteiger partial charge on any atom is -0.388 e. The molecular weight excluding hydrogens is 300 g/mol. The topological polar surface area (TPSA) is 97.1 Å². The standard InChI is InChI=1S/C12H11ClN4O2S/c1-6(18)15-8-5-3-2-4-7(8)11(19)17-12-16-9(13)10(14)20-12/h2-5H,14H2,1H3,(H,15,18)(H,16,17,19). The van der Waals surface area contributed by atoms with Gasteiger partial charge in [0.1, 0.15) is 5.00 Å². The number of hydrogen-bond donors (Lipinski definition) is 3. The van der Waals surface area contributed by atoms with Crippen molar-refractivity contribution in [1.82, 2.24) is 4.98 Å². The molecule has 20 heavy (non-hydrogen) atoms. The third-order valence-corrected chi connectivity index (χ3v) is 3.51. The number of carbonyl (C=O) groups is 2. The summed E-state index contributed by atoms with van der Waals surface area (Å²) in [5.74, 6) is -0.661. The second kappa shape index (κ2) is 5.89. The summed E-state index contributed by atoms with van der Waals surface area (Å²) >= 11 is 6.80. The predicted octanol–water partition coefficient (Wildman–Crippen LogP) is 2.59. The van der Waals surface area contributed by atoms with Crippen LogP contribution < -0.4 is 16.4 Å². The molecule has 2 aromatic rings. The molecule has 0 radical (unpaired) electrons. The Kier molecular flexibility index (Phi) is 4.21. The molecule has 0 atom stereocenters. The number of hydrogen-bond acceptors (Lipinski definition) is 5. The van der Waals surface area contributed by atoms with E-state index in [2.05, 4.69) is 15.6 Å². The maximum Gasteiger partial charge on any atom is 0.259 e. The number of halogens is 1. The number of aromatic nitrogens is 1. The second-order valence-corrected chi connectivity index (χ2v) is 5.24. The lowest BCUT2D eigenvalue weighted by molar-refractivity contribution is -0.114. The quantitative estimate of drug-likeness (QED) is 0.811. The van der Waals surface area contributed by atoms with Gasteiger partial charge in [0.2, 0.25) is 5.91 Å². The number of rotatable bonds is 3. The number of nitrogen functional groups attached to an aromatic ring is 1. The first-order valence-electron chi connectivity index (χ1n) is 5.57. The van der Waals surface area contributed by atoms with E-state index >= 15 is 0 Å². The van der Waals surface area contributed by atoms with E-state index in [4.69, 9.17) is 17.3 Å². The summed E-state index contributed by atoms with van der Waals surface area (Å²) in [5.41, 5.74) is 6.32. The molecule has 1 heterocycles. The molecule has 2 rings (SSSR count). The highest BCUT2D eigenvalue weighted by Crippen LogP contribution is 2.29. The SMILES string of the molecule is CC(=O)Nc1ccccc1C(=O)Nc1nc(Cl)c(N)s1. The molecule has 0 aliphatic heterocycles. The van der Waals surface area contributed by atoms with E-state index in [0.717, 1.165) is 11.3 Å². The van der Waals surface area contributed by atoms with Gasteiger partial charge in [0.05, 0.1) is 11.3 Å². The van der Waals surface area contributed by atoms with Gasteiger partial charge in [-0.25, -0.2) is 4.98 Å². The number of benzene rings is 1. The molecule has 1 aromatic carbocycles. The van der Waals surface area contributed by atoms with Crippen LogP contribution in [0.15, 0.2) is 24.3 Å². The highest BCUT2D eigenvalue weighted by molar-refractivity contribution is 7.20. The number of nitrogens with zero attached hydrogens (tertiary/aromatic N) is 1. The molecule has 104 valence electrons. The molecule has 0 fully saturated rings. The molecule has 0 aliphatic carbocycles. The minimum absolute atomic E-state index is 0.153. The lowest BCUT2D eigenvalue weighted by Crippen LogP contribution is -2.16. The Labute approximate surface area is 124 Å². The molecule has 0 aliphatic rings. The van der Waals surface area contributed by atoms with Gasteiger partial charge >= 0.3 is 0 Å². The molecular formula is C12H11ClN4O2S. The first kappa shape index (κ1) is 14.3. The summed E-state index contributed by atoms with van der Waals surface area (Å²) in [6.45, 7) is 1.37. The summed E-state index contributed by atoms with van der Waals surface area (Å²) in [7, 11) is 0. The molecule has 0 unspecified atom stereocenters. The molecule has 6 nitrogen and oxygen atoms in total. The fourth-order valence-electron chi connectivity index (χ4n) is 1.51. The Balaban J connectivity index is 2.22. The van der Waals surface area contributed by atoms with Crippen LogP contribution in [0.3, 0.4) is 0 Å². The van der Waals surface area contributed by atoms with Crippen molar-refractivity contribution in [3.05, 3.63) is 35.0 Å². The van der Waals surface area contributed by atoms with Gasteiger partial charge in [0.25, 0.3) is 5.91 Å². The fraction of sp³-hybridized carbons (Fsp3) is 0.0833. The van der Waals surface area contributed by atoms with Gasteiger partial charge in [-0.05, 0) is 12.1 Å². The van der Waals surface area contributed by atoms with Crippen molar-refractivity contribution in [3.8, 4) is 0 Å². The predicted molar refractivity (Wildman–Crippen MR) is 80.2 cm³/mol. The highest BCUT2D eigenvalue weighted by atomic mass is 35.5. The van der Waals surface area contributed by atoms with E-state index in [-0.39, 0.29) is 11.1 Å². The Morgan fingerprint density at radius 1 is 1.30 bits per heavy atom. The van der Waals surface area contributed by atoms with Crippen molar-refractivity contribution >= 4 is 50.6 Å². The van der Waals surface area contributed by atoms with Gasteiger partial charge in [0, 0.05) is 6.92 Å². The first-order valence-corrected chi connectivity index (χ1v) is 6.76. The summed E-state index contributed by atoms with van der Waals surface area (Å²) in [6, 6.07) is 6.66. The van der Waals surface area contributed by atoms with Crippen LogP contribution in [0.4, 0.5) is 15.8 Å². The highest BCUT2D eigenvalue weighted by Gasteiger charge is 2.14. The molecule has 0 saturated heterocycles. The summed E-state index contributed by atoms with van der Waals surface area (Å²) in [5, 5.41) is 5.96. The van der Waals surface area contributed by atoms with Crippen LogP contribution in [0.25, 0.3) is 0 Å². The van der Waals surface area contributed by atoms with Gasteiger partial charge in [-0.15, -0.1) is 0 Å². The Hall–Kier alpha value is -2.12. The smallest absolute Gasteiger partial charge is 0.259 e. The van der Waals surface area contributed by atoms with Crippen LogP contribution in [-0.2, 0) is 4.79 Å². The molecule has 0 spiro atoms. The van der Waals surface area contributed by atoms with Gasteiger partial charge in [-0.1, -0.05) is 35.1 Å². The normalized spacial score (nSPS) is 10.1. The van der Waals surface area contributed by atoms with Crippen molar-refractivity contribution in [3.63, 3.8) is 0 Å². The third-order valence-electron chi connectivity index (χ3n) is 2.31. The molecule has 1 aromatic heterocycles. The van der Waals surface area contributed by atoms with E-state index in [1.165, 1.54) is 6.92 Å². The van der Waals surface area contributed by atoms with E-state index in [1.807, 2.05) is 0 Å². The van der Waals surface area contributed by atoms with Gasteiger partial charge in [0.15, 0.2) is 10.3 Å². The van der Waals surface area contributed by atoms with Crippen LogP contribution >= 0.6 is 22.9 Å². The van der Waals surface area contributed by atoms with Crippen molar-refractivity contribution in [2.75, 3.05) is 16.4 Å². The zero-order valence-corrected chi connectivity index (χ0v) is 12.0. The Morgan fingerprint density at radius 2 is 2.00 bits per heavy atom. The number of amides is 2. The molecule has 8 heteroatoms. The average Bonchev–Trinajstić information content (AvgIpc) is 2.68. The average molecular weight is 311 g/mol. The fourth-order valence-corrected chi connectivity index (χ4v) is 2.38. The number of carbonyl (C=O) groups excluding carboxylic acids is 2. The summed E-state index contributed by atoms with van der Waals surface area (Å²) in [6.07, 6.45) is 0. The Bertz CT molecular complexity index is 652. The van der Waals surface area contributed by atoms with Crippen LogP contribution in [-0.4, -0.2) is 16.8 Å². The van der Waals surface area contributed by atoms with Crippen LogP contribution in [0.1, 0.15) is 17.3 Å². The second-order valence-electron chi connectivity index (χ2n) is 3.85. The van der Waals surface area contributed by atoms with E-state index in [9.17, 15) is 9.59 Å². The largest absolute Gasteiger partial charge is 0.388 e. The number of nitrogens with one attached hydrogen (secondary N) is 2. The maximum atomic E-state index is 12.2. The Morgan fingerprint density at radius 3 is 2.60 bits per heavy atom. The van der Waals surface area contributed by atoms with Crippen LogP contribution in [0.2, 0.25) is 5.15 Å². The van der Waals surface area contributed by atoms with Crippen molar-refractivity contribution in [2.24, 2.45) is 0 Å². The number of para-hydroxylation sites is 1. The van der Waals surface area contributed by atoms with Gasteiger partial charge in [-0.3, -0.25) is 14.9 Å². The third kappa shape index (κ3) is 3.25. The monoisotopic (exact) mass is 310 g/mol. The molecule has 4 N–H and O–H groups in total. The number of thiazole rings is 1. The zero-order valence-electron chi connectivity index (χ0n) is 10.4. The number of nitrogens with two attached hydrogens (primary N) is 1. The van der Waals surface area contributed by atoms with Gasteiger partial charge in [-0.2, -0.15) is 0 Å². The molecule has 0 bridgehead atoms. The minimum atomic E-state index is -0.403. The van der Waals surface area contributed by atoms with Crippen molar-refractivity contribution in [1.29, 1.82) is 0 Å². The maximum absolute atomic E-state index is 12.2. The van der Waals surface area contributed by atoms with E-state index in [1.54, 1.807) is 24.3 Å². The van der Waals surface area contributed by atoms with Crippen LogP contribution in [0, 0.1) is 0 Å². The van der Waals surface area contributed by atoms with E-state index in [0.29, 0.717) is 21.4 Å². The molecule has 2 amide bonds. The lowest BCUT2D eigenvalue weighted by atomic mass is 10.1. The summed E-state index contributed by atoms with van der Waals surface area (Å²) < 4.78 is 0. The summed E-state index contributed by atoms with van der Waals surface area (Å²) in [4.78, 5) is 27.2. The van der Waals surface area contributed by atoms with E-state index < -0.39 is 5.91 Å². The lowest BCUT2D eigenvalue weighted by Gasteiger charge is -2.08. The molecule has 0 saturated carbocycles. The van der Waals surface area contributed by atoms with Crippen molar-refractivity contribution < 1.29 is 9.59 Å². The first-order chi connectivity index (χ1) is 9.47.